The van der Waals surface area contributed by atoms with Crippen LogP contribution in [-0.4, -0.2) is 54.7 Å². The Labute approximate surface area is 114 Å². The molecule has 1 atom stereocenters. The molecular weight excluding hydrogens is 246 g/mol. The minimum absolute atomic E-state index is 0.149. The zero-order valence-electron chi connectivity index (χ0n) is 11.9. The third kappa shape index (κ3) is 4.70. The van der Waals surface area contributed by atoms with Gasteiger partial charge in [-0.15, -0.1) is 0 Å². The van der Waals surface area contributed by atoms with Gasteiger partial charge >= 0.3 is 12.0 Å². The van der Waals surface area contributed by atoms with E-state index in [0.717, 1.165) is 25.9 Å². The molecule has 2 amide bonds. The molecule has 3 N–H and O–H groups in total. The number of aliphatic carboxylic acids is 1. The number of likely N-dealkylation sites (tertiary alicyclic amines) is 1. The molecule has 0 saturated carbocycles. The Bertz CT molecular complexity index is 322. The van der Waals surface area contributed by atoms with Crippen molar-refractivity contribution >= 4 is 12.0 Å². The van der Waals surface area contributed by atoms with Crippen molar-refractivity contribution < 1.29 is 14.7 Å². The highest BCUT2D eigenvalue weighted by Crippen LogP contribution is 2.29. The molecule has 0 aromatic heterocycles. The summed E-state index contributed by atoms with van der Waals surface area (Å²) >= 11 is 0. The number of carbonyl (C=O) groups is 2. The number of rotatable bonds is 6. The smallest absolute Gasteiger partial charge is 0.317 e. The lowest BCUT2D eigenvalue weighted by atomic mass is 9.82. The highest BCUT2D eigenvalue weighted by atomic mass is 16.4. The molecule has 6 nitrogen and oxygen atoms in total. The zero-order chi connectivity index (χ0) is 14.3. The van der Waals surface area contributed by atoms with E-state index < -0.39 is 11.4 Å². The van der Waals surface area contributed by atoms with E-state index in [2.05, 4.69) is 10.6 Å². The van der Waals surface area contributed by atoms with Crippen LogP contribution in [-0.2, 0) is 4.79 Å². The number of nitrogens with one attached hydrogen (secondary N) is 2. The van der Waals surface area contributed by atoms with Gasteiger partial charge in [0.15, 0.2) is 0 Å². The van der Waals surface area contributed by atoms with Crippen molar-refractivity contribution in [2.24, 2.45) is 5.41 Å². The first-order valence-electron chi connectivity index (χ1n) is 6.96. The Kier molecular flexibility index (Phi) is 6.08. The number of nitrogens with zero attached hydrogens (tertiary/aromatic N) is 1. The average molecular weight is 271 g/mol. The minimum Gasteiger partial charge on any atom is -0.481 e. The zero-order valence-corrected chi connectivity index (χ0v) is 11.9. The number of hydrogen-bond donors (Lipinski definition) is 3. The molecule has 6 heteroatoms. The number of urea groups is 1. The molecule has 1 heterocycles. The van der Waals surface area contributed by atoms with Crippen LogP contribution in [0.4, 0.5) is 4.79 Å². The second-order valence-electron chi connectivity index (χ2n) is 5.33. The molecule has 0 spiro atoms. The van der Waals surface area contributed by atoms with Crippen LogP contribution in [0.1, 0.15) is 33.1 Å². The van der Waals surface area contributed by atoms with Crippen molar-refractivity contribution in [1.29, 1.82) is 0 Å². The Morgan fingerprint density at radius 3 is 2.74 bits per heavy atom. The summed E-state index contributed by atoms with van der Waals surface area (Å²) in [6.07, 6.45) is 2.25. The summed E-state index contributed by atoms with van der Waals surface area (Å²) in [6.45, 7) is 7.11. The first kappa shape index (κ1) is 15.8. The molecule has 0 bridgehead atoms. The summed E-state index contributed by atoms with van der Waals surface area (Å²) in [7, 11) is 0. The summed E-state index contributed by atoms with van der Waals surface area (Å²) < 4.78 is 0. The van der Waals surface area contributed by atoms with E-state index in [-0.39, 0.29) is 6.03 Å². The van der Waals surface area contributed by atoms with Crippen molar-refractivity contribution in [3.63, 3.8) is 0 Å². The number of carboxylic acid groups (broad SMARTS) is 1. The van der Waals surface area contributed by atoms with Gasteiger partial charge in [-0.05, 0) is 39.3 Å². The maximum absolute atomic E-state index is 11.9. The fourth-order valence-electron chi connectivity index (χ4n) is 2.28. The van der Waals surface area contributed by atoms with Crippen LogP contribution in [0.25, 0.3) is 0 Å². The van der Waals surface area contributed by atoms with Gasteiger partial charge in [-0.2, -0.15) is 0 Å². The highest BCUT2D eigenvalue weighted by Gasteiger charge is 2.39. The Morgan fingerprint density at radius 1 is 1.37 bits per heavy atom. The summed E-state index contributed by atoms with van der Waals surface area (Å²) in [4.78, 5) is 24.8. The summed E-state index contributed by atoms with van der Waals surface area (Å²) in [5.74, 6) is -0.822. The maximum Gasteiger partial charge on any atom is 0.317 e. The second-order valence-corrected chi connectivity index (χ2v) is 5.33. The molecule has 0 aromatic carbocycles. The fraction of sp³-hybridized carbons (Fsp3) is 0.846. The monoisotopic (exact) mass is 271 g/mol. The first-order valence-corrected chi connectivity index (χ1v) is 6.96. The second kappa shape index (κ2) is 7.33. The standard InChI is InChI=1S/C13H25N3O3/c1-3-14-7-5-8-15-12(19)16-9-4-6-13(2,10-16)11(17)18/h14H,3-10H2,1-2H3,(H,15,19)(H,17,18). The summed E-state index contributed by atoms with van der Waals surface area (Å²) in [5, 5.41) is 15.2. The molecule has 1 aliphatic rings. The Hall–Kier alpha value is -1.30. The van der Waals surface area contributed by atoms with Crippen molar-refractivity contribution in [1.82, 2.24) is 15.5 Å². The van der Waals surface area contributed by atoms with Crippen LogP contribution >= 0.6 is 0 Å². The lowest BCUT2D eigenvalue weighted by Crippen LogP contribution is -2.51. The molecule has 0 aliphatic carbocycles. The number of carbonyl (C=O) groups excluding carboxylic acids is 1. The van der Waals surface area contributed by atoms with Gasteiger partial charge in [0.2, 0.25) is 0 Å². The Balaban J connectivity index is 2.34. The third-order valence-electron chi connectivity index (χ3n) is 3.56. The van der Waals surface area contributed by atoms with Crippen LogP contribution in [0.2, 0.25) is 0 Å². The van der Waals surface area contributed by atoms with Crippen molar-refractivity contribution in [3.05, 3.63) is 0 Å². The van der Waals surface area contributed by atoms with Gasteiger partial charge in [-0.3, -0.25) is 4.79 Å². The van der Waals surface area contributed by atoms with Crippen LogP contribution < -0.4 is 10.6 Å². The van der Waals surface area contributed by atoms with Crippen molar-refractivity contribution in [2.75, 3.05) is 32.7 Å². The molecule has 1 rings (SSSR count). The van der Waals surface area contributed by atoms with Gasteiger partial charge in [0.25, 0.3) is 0 Å². The maximum atomic E-state index is 11.9. The van der Waals surface area contributed by atoms with Gasteiger partial charge in [-0.25, -0.2) is 4.79 Å². The van der Waals surface area contributed by atoms with Crippen LogP contribution in [0.15, 0.2) is 0 Å². The lowest BCUT2D eigenvalue weighted by molar-refractivity contribution is -0.150. The average Bonchev–Trinajstić information content (AvgIpc) is 2.38. The first-order chi connectivity index (χ1) is 8.99. The predicted octanol–water partition coefficient (Wildman–Crippen LogP) is 0.882. The van der Waals surface area contributed by atoms with E-state index in [1.165, 1.54) is 0 Å². The van der Waals surface area contributed by atoms with Gasteiger partial charge in [0.1, 0.15) is 0 Å². The molecule has 110 valence electrons. The molecule has 0 radical (unpaired) electrons. The fourth-order valence-corrected chi connectivity index (χ4v) is 2.28. The van der Waals surface area contributed by atoms with Gasteiger partial charge < -0.3 is 20.6 Å². The van der Waals surface area contributed by atoms with Crippen LogP contribution in [0.5, 0.6) is 0 Å². The van der Waals surface area contributed by atoms with Crippen LogP contribution in [0.3, 0.4) is 0 Å². The normalized spacial score (nSPS) is 23.2. The summed E-state index contributed by atoms with van der Waals surface area (Å²) in [5.41, 5.74) is -0.806. The molecule has 1 saturated heterocycles. The minimum atomic E-state index is -0.822. The van der Waals surface area contributed by atoms with Gasteiger partial charge in [0, 0.05) is 19.6 Å². The topological polar surface area (TPSA) is 81.7 Å². The predicted molar refractivity (Wildman–Crippen MR) is 73.1 cm³/mol. The number of hydrogen-bond acceptors (Lipinski definition) is 3. The largest absolute Gasteiger partial charge is 0.481 e. The quantitative estimate of drug-likeness (QED) is 0.626. The lowest BCUT2D eigenvalue weighted by Gasteiger charge is -2.37. The van der Waals surface area contributed by atoms with Crippen LogP contribution in [0, 0.1) is 5.41 Å². The van der Waals surface area contributed by atoms with E-state index in [4.69, 9.17) is 0 Å². The van der Waals surface area contributed by atoms with E-state index in [0.29, 0.717) is 26.1 Å². The van der Waals surface area contributed by atoms with Gasteiger partial charge in [0.05, 0.1) is 5.41 Å². The Morgan fingerprint density at radius 2 is 2.11 bits per heavy atom. The van der Waals surface area contributed by atoms with Crippen molar-refractivity contribution in [3.8, 4) is 0 Å². The van der Waals surface area contributed by atoms with Gasteiger partial charge in [-0.1, -0.05) is 6.92 Å². The van der Waals surface area contributed by atoms with E-state index >= 15 is 0 Å². The van der Waals surface area contributed by atoms with E-state index in [1.807, 2.05) is 6.92 Å². The van der Waals surface area contributed by atoms with E-state index in [1.54, 1.807) is 11.8 Å². The third-order valence-corrected chi connectivity index (χ3v) is 3.56. The highest BCUT2D eigenvalue weighted by molar-refractivity contribution is 5.78. The SMILES string of the molecule is CCNCCCNC(=O)N1CCCC(C)(C(=O)O)C1. The molecule has 1 fully saturated rings. The molecule has 1 unspecified atom stereocenters. The summed E-state index contributed by atoms with van der Waals surface area (Å²) in [6, 6.07) is -0.149. The molecule has 0 aromatic rings. The number of carboxylic acids is 1. The van der Waals surface area contributed by atoms with Crippen molar-refractivity contribution in [2.45, 2.75) is 33.1 Å². The number of piperidine rings is 1. The molecule has 19 heavy (non-hydrogen) atoms. The number of amides is 2. The molecule has 1 aliphatic heterocycles. The molecular formula is C13H25N3O3. The van der Waals surface area contributed by atoms with E-state index in [9.17, 15) is 14.7 Å².